The van der Waals surface area contributed by atoms with Gasteiger partial charge in [0, 0.05) is 5.39 Å². The fourth-order valence-corrected chi connectivity index (χ4v) is 0.915. The minimum Gasteiger partial charge on any atom is -0.355 e. The molecular formula is C6H3ClN2O. The van der Waals surface area contributed by atoms with E-state index in [1.54, 1.807) is 18.5 Å². The largest absolute Gasteiger partial charge is 0.355 e. The summed E-state index contributed by atoms with van der Waals surface area (Å²) in [5.74, 6) is 0. The van der Waals surface area contributed by atoms with Gasteiger partial charge in [0.1, 0.15) is 5.15 Å². The van der Waals surface area contributed by atoms with Gasteiger partial charge in [0.25, 0.3) is 0 Å². The lowest BCUT2D eigenvalue weighted by Crippen LogP contribution is -1.70. The molecule has 0 atom stereocenters. The highest BCUT2D eigenvalue weighted by molar-refractivity contribution is 6.29. The number of aromatic nitrogens is 2. The van der Waals surface area contributed by atoms with Gasteiger partial charge in [-0.15, -0.1) is 0 Å². The molecule has 0 radical (unpaired) electrons. The lowest BCUT2D eigenvalue weighted by molar-refractivity contribution is 0.455. The van der Waals surface area contributed by atoms with E-state index in [2.05, 4.69) is 10.1 Å². The van der Waals surface area contributed by atoms with Gasteiger partial charge in [-0.3, -0.25) is 0 Å². The van der Waals surface area contributed by atoms with Crippen molar-refractivity contribution in [3.05, 3.63) is 23.6 Å². The van der Waals surface area contributed by atoms with Crippen molar-refractivity contribution in [1.82, 2.24) is 10.1 Å². The smallest absolute Gasteiger partial charge is 0.185 e. The van der Waals surface area contributed by atoms with Crippen LogP contribution in [0.15, 0.2) is 23.0 Å². The van der Waals surface area contributed by atoms with Crippen molar-refractivity contribution in [2.24, 2.45) is 0 Å². The Kier molecular flexibility index (Phi) is 1.11. The summed E-state index contributed by atoms with van der Waals surface area (Å²) in [4.78, 5) is 3.81. The summed E-state index contributed by atoms with van der Waals surface area (Å²) < 4.78 is 4.80. The van der Waals surface area contributed by atoms with Crippen LogP contribution in [-0.2, 0) is 0 Å². The summed E-state index contributed by atoms with van der Waals surface area (Å²) in [6.07, 6.45) is 3.15. The van der Waals surface area contributed by atoms with E-state index < -0.39 is 0 Å². The molecule has 0 saturated carbocycles. The highest BCUT2D eigenvalue weighted by Crippen LogP contribution is 2.14. The number of fused-ring (bicyclic) bond motifs is 1. The number of nitrogens with zero attached hydrogens (tertiary/aromatic N) is 2. The minimum atomic E-state index is 0.454. The first kappa shape index (κ1) is 5.68. The second kappa shape index (κ2) is 1.95. The van der Waals surface area contributed by atoms with E-state index in [4.69, 9.17) is 16.1 Å². The first-order valence-corrected chi connectivity index (χ1v) is 3.10. The van der Waals surface area contributed by atoms with Crippen molar-refractivity contribution >= 4 is 22.6 Å². The van der Waals surface area contributed by atoms with Crippen LogP contribution in [0.2, 0.25) is 5.15 Å². The average molecular weight is 155 g/mol. The van der Waals surface area contributed by atoms with Gasteiger partial charge in [0.05, 0.1) is 12.4 Å². The van der Waals surface area contributed by atoms with Crippen molar-refractivity contribution in [3.63, 3.8) is 0 Å². The summed E-state index contributed by atoms with van der Waals surface area (Å²) in [5.41, 5.74) is 0.657. The highest BCUT2D eigenvalue weighted by Gasteiger charge is 1.97. The number of pyridine rings is 1. The van der Waals surface area contributed by atoms with Gasteiger partial charge in [-0.1, -0.05) is 16.8 Å². The fraction of sp³-hybridized carbons (Fsp3) is 0. The molecule has 0 aromatic carbocycles. The molecule has 0 unspecified atom stereocenters. The first-order valence-electron chi connectivity index (χ1n) is 2.72. The molecule has 3 nitrogen and oxygen atoms in total. The molecule has 2 aromatic rings. The Hall–Kier alpha value is -1.09. The van der Waals surface area contributed by atoms with E-state index in [0.717, 1.165) is 5.39 Å². The summed E-state index contributed by atoms with van der Waals surface area (Å²) >= 11 is 5.60. The molecule has 0 aliphatic rings. The molecule has 0 N–H and O–H groups in total. The summed E-state index contributed by atoms with van der Waals surface area (Å²) in [5, 5.41) is 4.90. The van der Waals surface area contributed by atoms with E-state index in [0.29, 0.717) is 10.7 Å². The van der Waals surface area contributed by atoms with Gasteiger partial charge >= 0.3 is 0 Å². The predicted octanol–water partition coefficient (Wildman–Crippen LogP) is 1.88. The Morgan fingerprint density at radius 3 is 3.20 bits per heavy atom. The molecule has 2 rings (SSSR count). The van der Waals surface area contributed by atoms with Gasteiger partial charge in [0.2, 0.25) is 0 Å². The SMILES string of the molecule is Clc1cc2cnoc2cn1. The Labute approximate surface area is 61.6 Å². The van der Waals surface area contributed by atoms with E-state index in [-0.39, 0.29) is 0 Å². The molecule has 4 heteroatoms. The molecule has 0 spiro atoms. The summed E-state index contributed by atoms with van der Waals surface area (Å²) in [7, 11) is 0. The predicted molar refractivity (Wildman–Crippen MR) is 36.8 cm³/mol. The zero-order valence-corrected chi connectivity index (χ0v) is 5.67. The van der Waals surface area contributed by atoms with Gasteiger partial charge in [0.15, 0.2) is 5.58 Å². The molecule has 2 heterocycles. The summed E-state index contributed by atoms with van der Waals surface area (Å²) in [6.45, 7) is 0. The molecule has 0 saturated heterocycles. The van der Waals surface area contributed by atoms with E-state index in [9.17, 15) is 0 Å². The second-order valence-electron chi connectivity index (χ2n) is 1.87. The van der Waals surface area contributed by atoms with E-state index in [1.807, 2.05) is 0 Å². The standard InChI is InChI=1S/C6H3ClN2O/c7-6-1-4-2-9-10-5(4)3-8-6/h1-3H. The molecule has 0 aliphatic heterocycles. The third-order valence-electron chi connectivity index (χ3n) is 1.21. The molecule has 2 aromatic heterocycles. The van der Waals surface area contributed by atoms with Gasteiger partial charge in [-0.25, -0.2) is 4.98 Å². The van der Waals surface area contributed by atoms with Crippen molar-refractivity contribution in [3.8, 4) is 0 Å². The third kappa shape index (κ3) is 0.752. The number of halogens is 1. The quantitative estimate of drug-likeness (QED) is 0.544. The normalized spacial score (nSPS) is 10.5. The van der Waals surface area contributed by atoms with Crippen molar-refractivity contribution < 1.29 is 4.52 Å². The molecule has 0 amide bonds. The zero-order valence-electron chi connectivity index (χ0n) is 4.91. The Morgan fingerprint density at radius 2 is 2.30 bits per heavy atom. The zero-order chi connectivity index (χ0) is 6.97. The number of rotatable bonds is 0. The van der Waals surface area contributed by atoms with Crippen LogP contribution >= 0.6 is 11.6 Å². The monoisotopic (exact) mass is 154 g/mol. The molecule has 0 fully saturated rings. The topological polar surface area (TPSA) is 38.9 Å². The number of hydrogen-bond acceptors (Lipinski definition) is 3. The van der Waals surface area contributed by atoms with Gasteiger partial charge in [-0.05, 0) is 6.07 Å². The van der Waals surface area contributed by atoms with Crippen LogP contribution in [0.4, 0.5) is 0 Å². The van der Waals surface area contributed by atoms with E-state index in [1.165, 1.54) is 0 Å². The molecule has 10 heavy (non-hydrogen) atoms. The maximum absolute atomic E-state index is 5.60. The highest BCUT2D eigenvalue weighted by atomic mass is 35.5. The molecular weight excluding hydrogens is 152 g/mol. The maximum atomic E-state index is 5.60. The van der Waals surface area contributed by atoms with Crippen LogP contribution in [0.5, 0.6) is 0 Å². The minimum absolute atomic E-state index is 0.454. The van der Waals surface area contributed by atoms with Crippen LogP contribution < -0.4 is 0 Å². The molecule has 0 bridgehead atoms. The maximum Gasteiger partial charge on any atom is 0.185 e. The Balaban J connectivity index is 2.86. The van der Waals surface area contributed by atoms with Crippen molar-refractivity contribution in [2.75, 3.05) is 0 Å². The van der Waals surface area contributed by atoms with Crippen LogP contribution in [0.1, 0.15) is 0 Å². The van der Waals surface area contributed by atoms with Crippen molar-refractivity contribution in [2.45, 2.75) is 0 Å². The average Bonchev–Trinajstić information content (AvgIpc) is 2.33. The van der Waals surface area contributed by atoms with Crippen LogP contribution in [-0.4, -0.2) is 10.1 Å². The van der Waals surface area contributed by atoms with Crippen LogP contribution in [0.3, 0.4) is 0 Å². The summed E-state index contributed by atoms with van der Waals surface area (Å²) in [6, 6.07) is 1.70. The van der Waals surface area contributed by atoms with Gasteiger partial charge in [-0.2, -0.15) is 0 Å². The van der Waals surface area contributed by atoms with Crippen molar-refractivity contribution in [1.29, 1.82) is 0 Å². The molecule has 50 valence electrons. The van der Waals surface area contributed by atoms with E-state index >= 15 is 0 Å². The fourth-order valence-electron chi connectivity index (χ4n) is 0.749. The van der Waals surface area contributed by atoms with Crippen LogP contribution in [0.25, 0.3) is 11.0 Å². The van der Waals surface area contributed by atoms with Gasteiger partial charge < -0.3 is 4.52 Å². The lowest BCUT2D eigenvalue weighted by atomic mass is 10.3. The Bertz CT molecular complexity index is 357. The van der Waals surface area contributed by atoms with Crippen LogP contribution in [0, 0.1) is 0 Å². The first-order chi connectivity index (χ1) is 4.86. The molecule has 0 aliphatic carbocycles. The Morgan fingerprint density at radius 1 is 1.40 bits per heavy atom. The number of hydrogen-bond donors (Lipinski definition) is 0. The third-order valence-corrected chi connectivity index (χ3v) is 1.41. The second-order valence-corrected chi connectivity index (χ2v) is 2.26. The lowest BCUT2D eigenvalue weighted by Gasteiger charge is -1.84.